The van der Waals surface area contributed by atoms with E-state index in [1.54, 1.807) is 6.92 Å². The third-order valence-electron chi connectivity index (χ3n) is 15.0. The fourth-order valence-electron chi connectivity index (χ4n) is 9.30. The van der Waals surface area contributed by atoms with Crippen LogP contribution < -0.4 is 26.6 Å². The molecule has 0 spiro atoms. The topological polar surface area (TPSA) is 166 Å². The second-order valence-corrected chi connectivity index (χ2v) is 22.5. The van der Waals surface area contributed by atoms with Gasteiger partial charge in [0.15, 0.2) is 34.9 Å². The number of rotatable bonds is 15. The van der Waals surface area contributed by atoms with E-state index >= 15 is 0 Å². The van der Waals surface area contributed by atoms with E-state index in [1.807, 2.05) is 13.8 Å². The van der Waals surface area contributed by atoms with Gasteiger partial charge in [-0.1, -0.05) is 27.2 Å². The van der Waals surface area contributed by atoms with Gasteiger partial charge in [0.1, 0.15) is 17.5 Å². The molecule has 91 heavy (non-hydrogen) atoms. The van der Waals surface area contributed by atoms with Gasteiger partial charge in [0.05, 0.1) is 16.7 Å². The van der Waals surface area contributed by atoms with E-state index in [2.05, 4.69) is 26.6 Å². The Morgan fingerprint density at radius 3 is 1.18 bits per heavy atom. The molecular formula is C64H61F15N6O6. The molecule has 1 unspecified atom stereocenters. The summed E-state index contributed by atoms with van der Waals surface area (Å²) in [5, 5.41) is 11.0. The Bertz CT molecular complexity index is 3670. The number of carbonyl (C=O) groups is 6. The van der Waals surface area contributed by atoms with Gasteiger partial charge >= 0.3 is 17.8 Å². The largest absolute Gasteiger partial charge is 0.352 e. The first-order chi connectivity index (χ1) is 42.5. The number of amides is 6. The highest BCUT2D eigenvalue weighted by molar-refractivity contribution is 6.06. The number of halogens is 15. The summed E-state index contributed by atoms with van der Waals surface area (Å²) in [7, 11) is 0. The minimum absolute atomic E-state index is 0.0420. The zero-order chi connectivity index (χ0) is 67.5. The number of anilines is 3. The van der Waals surface area contributed by atoms with Gasteiger partial charge in [-0.3, -0.25) is 28.8 Å². The van der Waals surface area contributed by atoms with Crippen LogP contribution in [0.25, 0.3) is 0 Å². The smallest absolute Gasteiger partial charge is 0.348 e. The Labute approximate surface area is 512 Å². The summed E-state index contributed by atoms with van der Waals surface area (Å²) in [4.78, 5) is 74.8. The van der Waals surface area contributed by atoms with Crippen LogP contribution in [-0.4, -0.2) is 65.0 Å². The van der Waals surface area contributed by atoms with Crippen molar-refractivity contribution in [3.05, 3.63) is 195 Å². The molecule has 1 saturated heterocycles. The molecule has 27 heteroatoms. The van der Waals surface area contributed by atoms with Crippen LogP contribution in [0.5, 0.6) is 0 Å². The van der Waals surface area contributed by atoms with Crippen LogP contribution >= 0.6 is 0 Å². The van der Waals surface area contributed by atoms with E-state index in [9.17, 15) is 94.6 Å². The summed E-state index contributed by atoms with van der Waals surface area (Å²) < 4.78 is 210. The number of nitrogens with zero attached hydrogens (tertiary/aromatic N) is 1. The summed E-state index contributed by atoms with van der Waals surface area (Å²) in [6, 6.07) is 13.8. The van der Waals surface area contributed by atoms with E-state index in [1.165, 1.54) is 13.8 Å². The average Bonchev–Trinajstić information content (AvgIpc) is 1.45. The van der Waals surface area contributed by atoms with Gasteiger partial charge in [0.2, 0.25) is 0 Å². The standard InChI is InChI=1S/2C22H21F5N2O2.C20H19F5N2O2/c1-12-2-5-14(6-3-12)29-21(31)22(26,27)16-10-13(4-8-17(16)23)20(30)28-15-7-9-18(24)19(25)11-15;1-13-4-2-3-9-29(12-13)21(31)22(26,27)16-10-14(5-7-17(16)23)20(30)28-15-6-8-18(24)19(25)11-15;1-4-19(2,3)27-18(29)20(24,25)13-9-11(5-7-14(13)21)17(28)26-12-6-8-15(22)16(23)10-12/h4,7-12,14H,2-3,5-6H2,1H3,(H,28,30)(H,29,31);5-8,10-11,13H,2-4,9,12H2,1H3,(H,28,30);5-10H,4H2,1-3H3,(H,26,28)(H,27,29). The summed E-state index contributed by atoms with van der Waals surface area (Å²) in [6.07, 6.45) is 5.26. The van der Waals surface area contributed by atoms with Crippen molar-refractivity contribution in [2.45, 2.75) is 115 Å². The molecule has 488 valence electrons. The summed E-state index contributed by atoms with van der Waals surface area (Å²) in [5.41, 5.74) is -6.18. The maximum absolute atomic E-state index is 15.0. The van der Waals surface area contributed by atoms with E-state index in [0.717, 1.165) is 91.2 Å². The van der Waals surface area contributed by atoms with Crippen molar-refractivity contribution in [2.75, 3.05) is 29.0 Å². The van der Waals surface area contributed by atoms with Gasteiger partial charge in [0.25, 0.3) is 35.4 Å². The molecule has 6 amide bonds. The molecule has 1 aliphatic heterocycles. The molecule has 1 saturated carbocycles. The summed E-state index contributed by atoms with van der Waals surface area (Å²) >= 11 is 0. The summed E-state index contributed by atoms with van der Waals surface area (Å²) in [5.74, 6) is -30.9. The molecule has 0 aromatic heterocycles. The van der Waals surface area contributed by atoms with E-state index in [4.69, 9.17) is 0 Å². The van der Waals surface area contributed by atoms with Crippen molar-refractivity contribution in [1.29, 1.82) is 0 Å². The maximum atomic E-state index is 15.0. The predicted octanol–water partition coefficient (Wildman–Crippen LogP) is 15.0. The number of hydrogen-bond donors (Lipinski definition) is 5. The van der Waals surface area contributed by atoms with Crippen molar-refractivity contribution in [1.82, 2.24) is 15.5 Å². The summed E-state index contributed by atoms with van der Waals surface area (Å²) in [6.45, 7) is 8.93. The van der Waals surface area contributed by atoms with Gasteiger partial charge in [-0.05, 0) is 162 Å². The molecule has 2 fully saturated rings. The monoisotopic (exact) mass is 1290 g/mol. The van der Waals surface area contributed by atoms with Crippen LogP contribution in [0.1, 0.15) is 134 Å². The molecule has 5 N–H and O–H groups in total. The van der Waals surface area contributed by atoms with Crippen LogP contribution in [0.15, 0.2) is 109 Å². The SMILES string of the molecule is CC1CCC(NC(=O)C(F)(F)c2cc(C(=O)Nc3ccc(F)c(F)c3)ccc2F)CC1.CC1CCCCN(C(=O)C(F)(F)c2cc(C(=O)Nc3ccc(F)c(F)c3)ccc2F)C1.CCC(C)(C)NC(=O)C(F)(F)c1cc(C(=O)Nc2ccc(F)c(F)c2)ccc1F. The molecule has 6 aromatic rings. The lowest BCUT2D eigenvalue weighted by Gasteiger charge is -2.28. The first-order valence-electron chi connectivity index (χ1n) is 28.3. The molecule has 0 bridgehead atoms. The van der Waals surface area contributed by atoms with Crippen molar-refractivity contribution in [3.63, 3.8) is 0 Å². The Morgan fingerprint density at radius 2 is 0.802 bits per heavy atom. The number of carbonyl (C=O) groups excluding carboxylic acids is 6. The van der Waals surface area contributed by atoms with Gasteiger partial charge in [-0.15, -0.1) is 0 Å². The second-order valence-electron chi connectivity index (χ2n) is 22.5. The number of alkyl halides is 6. The zero-order valence-corrected chi connectivity index (χ0v) is 49.3. The van der Waals surface area contributed by atoms with Gasteiger partial charge < -0.3 is 31.5 Å². The molecule has 0 radical (unpaired) electrons. The number of likely N-dealkylation sites (tertiary alicyclic amines) is 1. The molecule has 1 atom stereocenters. The van der Waals surface area contributed by atoms with Crippen molar-refractivity contribution < 1.29 is 94.6 Å². The molecule has 8 rings (SSSR count). The number of nitrogens with one attached hydrogen (secondary N) is 5. The van der Waals surface area contributed by atoms with E-state index in [-0.39, 0.29) is 47.2 Å². The highest BCUT2D eigenvalue weighted by atomic mass is 19.3. The van der Waals surface area contributed by atoms with Gasteiger partial charge in [0, 0.05) is 76.6 Å². The first-order valence-corrected chi connectivity index (χ1v) is 28.3. The van der Waals surface area contributed by atoms with Crippen LogP contribution in [0.4, 0.5) is 82.9 Å². The molecule has 2 aliphatic rings. The molecule has 1 aliphatic carbocycles. The number of benzene rings is 6. The fourth-order valence-corrected chi connectivity index (χ4v) is 9.30. The van der Waals surface area contributed by atoms with Crippen molar-refractivity contribution in [2.24, 2.45) is 11.8 Å². The van der Waals surface area contributed by atoms with Crippen LogP contribution in [0.2, 0.25) is 0 Å². The lowest BCUT2D eigenvalue weighted by molar-refractivity contribution is -0.159. The molecule has 12 nitrogen and oxygen atoms in total. The highest BCUT2D eigenvalue weighted by Gasteiger charge is 2.48. The quantitative estimate of drug-likeness (QED) is 0.0642. The normalized spacial score (nSPS) is 16.1. The zero-order valence-electron chi connectivity index (χ0n) is 49.3. The second kappa shape index (κ2) is 29.8. The minimum Gasteiger partial charge on any atom is -0.348 e. The Balaban J connectivity index is 0.000000217. The van der Waals surface area contributed by atoms with Crippen molar-refractivity contribution >= 4 is 52.5 Å². The average molecular weight is 1300 g/mol. The molecule has 1 heterocycles. The predicted molar refractivity (Wildman–Crippen MR) is 305 cm³/mol. The lowest BCUT2D eigenvalue weighted by Crippen LogP contribution is -2.49. The van der Waals surface area contributed by atoms with E-state index < -0.39 is 139 Å². The van der Waals surface area contributed by atoms with Gasteiger partial charge in [-0.2, -0.15) is 26.3 Å². The van der Waals surface area contributed by atoms with Gasteiger partial charge in [-0.25, -0.2) is 39.5 Å². The Kier molecular flexibility index (Phi) is 23.3. The minimum atomic E-state index is -4.24. The van der Waals surface area contributed by atoms with Crippen LogP contribution in [0, 0.1) is 64.2 Å². The van der Waals surface area contributed by atoms with Crippen LogP contribution in [0.3, 0.4) is 0 Å². The van der Waals surface area contributed by atoms with Crippen molar-refractivity contribution in [3.8, 4) is 0 Å². The highest BCUT2D eigenvalue weighted by Crippen LogP contribution is 2.37. The molecular weight excluding hydrogens is 1230 g/mol. The Hall–Kier alpha value is -8.91. The van der Waals surface area contributed by atoms with Crippen LogP contribution in [-0.2, 0) is 32.2 Å². The Morgan fingerprint density at radius 1 is 0.440 bits per heavy atom. The number of hydrogen-bond acceptors (Lipinski definition) is 6. The third kappa shape index (κ3) is 18.4. The van der Waals surface area contributed by atoms with E-state index in [0.29, 0.717) is 80.1 Å². The maximum Gasteiger partial charge on any atom is 0.352 e. The first kappa shape index (κ1) is 71.2. The third-order valence-corrected chi connectivity index (χ3v) is 15.0. The molecule has 6 aromatic carbocycles. The fraction of sp³-hybridized carbons (Fsp3) is 0.344. The lowest BCUT2D eigenvalue weighted by atomic mass is 9.87.